The van der Waals surface area contributed by atoms with E-state index in [1.165, 1.54) is 11.3 Å². The largest absolute Gasteiger partial charge is 0.377 e. The molecule has 1 aromatic heterocycles. The van der Waals surface area contributed by atoms with E-state index in [1.54, 1.807) is 18.4 Å². The van der Waals surface area contributed by atoms with Gasteiger partial charge < -0.3 is 4.74 Å². The van der Waals surface area contributed by atoms with Crippen molar-refractivity contribution in [3.63, 3.8) is 0 Å². The van der Waals surface area contributed by atoms with E-state index in [9.17, 15) is 13.2 Å². The van der Waals surface area contributed by atoms with Crippen molar-refractivity contribution in [2.24, 2.45) is 0 Å². The van der Waals surface area contributed by atoms with Gasteiger partial charge in [-0.1, -0.05) is 0 Å². The molecule has 1 aromatic rings. The van der Waals surface area contributed by atoms with Gasteiger partial charge in [-0.05, 0) is 40.7 Å². The number of carbonyl (C=O) groups excluding carboxylic acids is 1. The Bertz CT molecular complexity index is 549. The number of halogens is 1. The fraction of sp³-hybridized carbons (Fsp3) is 0.545. The molecule has 1 fully saturated rings. The lowest BCUT2D eigenvalue weighted by Crippen LogP contribution is -2.32. The van der Waals surface area contributed by atoms with Gasteiger partial charge in [-0.15, -0.1) is 11.3 Å². The summed E-state index contributed by atoms with van der Waals surface area (Å²) in [7, 11) is -3.44. The Morgan fingerprint density at radius 1 is 1.61 bits per heavy atom. The molecule has 7 heteroatoms. The molecule has 0 saturated carbocycles. The lowest BCUT2D eigenvalue weighted by molar-refractivity contribution is 0.102. The van der Waals surface area contributed by atoms with E-state index in [0.29, 0.717) is 22.4 Å². The lowest BCUT2D eigenvalue weighted by atomic mass is 10.3. The van der Waals surface area contributed by atoms with Gasteiger partial charge in [0.05, 0.1) is 16.2 Å². The van der Waals surface area contributed by atoms with Crippen molar-refractivity contribution >= 4 is 42.9 Å². The molecule has 0 amide bonds. The lowest BCUT2D eigenvalue weighted by Gasteiger charge is -2.14. The van der Waals surface area contributed by atoms with Crippen LogP contribution in [0.15, 0.2) is 15.9 Å². The number of sulfone groups is 1. The zero-order valence-electron chi connectivity index (χ0n) is 9.76. The monoisotopic (exact) mass is 352 g/mol. The number of thiophene rings is 1. The maximum absolute atomic E-state index is 12.1. The Morgan fingerprint density at radius 3 is 2.83 bits per heavy atom. The van der Waals surface area contributed by atoms with Crippen LogP contribution in [0.4, 0.5) is 0 Å². The Hall–Kier alpha value is -0.240. The maximum atomic E-state index is 12.1. The summed E-state index contributed by atoms with van der Waals surface area (Å²) >= 11 is 4.49. The van der Waals surface area contributed by atoms with Crippen LogP contribution >= 0.6 is 27.3 Å². The maximum Gasteiger partial charge on any atom is 0.188 e. The number of Topliss-reactive ketones (excluding diaryl/α,β-unsaturated/α-hetero) is 1. The van der Waals surface area contributed by atoms with Crippen molar-refractivity contribution in [3.05, 3.63) is 20.8 Å². The van der Waals surface area contributed by atoms with Gasteiger partial charge in [0.25, 0.3) is 0 Å². The molecule has 0 spiro atoms. The predicted octanol–water partition coefficient (Wildman–Crippen LogP) is 2.29. The first kappa shape index (κ1) is 14.2. The molecule has 2 unspecified atom stereocenters. The minimum absolute atomic E-state index is 0.324. The second-order valence-corrected chi connectivity index (χ2v) is 8.22. The number of ketones is 1. The Balaban J connectivity index is 2.14. The number of rotatable bonds is 4. The molecule has 4 nitrogen and oxygen atoms in total. The number of carbonyl (C=O) groups is 1. The van der Waals surface area contributed by atoms with Crippen LogP contribution in [0.5, 0.6) is 0 Å². The highest BCUT2D eigenvalue weighted by Crippen LogP contribution is 2.26. The van der Waals surface area contributed by atoms with Crippen LogP contribution in [0.1, 0.15) is 23.0 Å². The average molecular weight is 353 g/mol. The molecule has 0 aliphatic carbocycles. The van der Waals surface area contributed by atoms with Crippen molar-refractivity contribution in [1.29, 1.82) is 0 Å². The SMILES string of the molecule is CC1OCCC1S(=O)(=O)CC(=O)c1sccc1Br. The van der Waals surface area contributed by atoms with E-state index in [1.807, 2.05) is 0 Å². The molecule has 0 aromatic carbocycles. The van der Waals surface area contributed by atoms with Gasteiger partial charge in [0, 0.05) is 11.1 Å². The molecule has 100 valence electrons. The van der Waals surface area contributed by atoms with Crippen LogP contribution in [-0.4, -0.2) is 37.9 Å². The summed E-state index contributed by atoms with van der Waals surface area (Å²) in [5.74, 6) is -0.791. The minimum Gasteiger partial charge on any atom is -0.377 e. The first-order valence-corrected chi connectivity index (χ1v) is 8.90. The van der Waals surface area contributed by atoms with E-state index < -0.39 is 20.8 Å². The van der Waals surface area contributed by atoms with Crippen molar-refractivity contribution in [1.82, 2.24) is 0 Å². The highest BCUT2D eigenvalue weighted by molar-refractivity contribution is 9.10. The van der Waals surface area contributed by atoms with Gasteiger partial charge in [0.2, 0.25) is 0 Å². The van der Waals surface area contributed by atoms with Crippen LogP contribution in [0, 0.1) is 0 Å². The van der Waals surface area contributed by atoms with Crippen molar-refractivity contribution < 1.29 is 17.9 Å². The Labute approximate surface area is 118 Å². The van der Waals surface area contributed by atoms with Gasteiger partial charge in [-0.25, -0.2) is 8.42 Å². The molecule has 0 radical (unpaired) electrons. The molecule has 1 aliphatic heterocycles. The third-order valence-corrected chi connectivity index (χ3v) is 7.06. The number of ether oxygens (including phenoxy) is 1. The van der Waals surface area contributed by atoms with E-state index >= 15 is 0 Å². The molecule has 2 heterocycles. The summed E-state index contributed by atoms with van der Waals surface area (Å²) in [6.45, 7) is 2.18. The third kappa shape index (κ3) is 2.84. The fourth-order valence-corrected chi connectivity index (χ4v) is 5.50. The average Bonchev–Trinajstić information content (AvgIpc) is 2.86. The second-order valence-electron chi connectivity index (χ2n) is 4.23. The van der Waals surface area contributed by atoms with Crippen LogP contribution in [0.3, 0.4) is 0 Å². The van der Waals surface area contributed by atoms with E-state index in [-0.39, 0.29) is 11.9 Å². The molecule has 2 rings (SSSR count). The second kappa shape index (κ2) is 5.40. The summed E-state index contributed by atoms with van der Waals surface area (Å²) in [6.07, 6.45) is 0.150. The quantitative estimate of drug-likeness (QED) is 0.780. The minimum atomic E-state index is -3.44. The van der Waals surface area contributed by atoms with Crippen LogP contribution < -0.4 is 0 Å². The molecule has 0 N–H and O–H groups in total. The zero-order chi connectivity index (χ0) is 13.3. The molecule has 0 bridgehead atoms. The third-order valence-electron chi connectivity index (χ3n) is 2.97. The van der Waals surface area contributed by atoms with E-state index in [4.69, 9.17) is 4.74 Å². The highest BCUT2D eigenvalue weighted by Gasteiger charge is 2.37. The summed E-state index contributed by atoms with van der Waals surface area (Å²) in [6, 6.07) is 1.74. The van der Waals surface area contributed by atoms with Gasteiger partial charge in [-0.3, -0.25) is 4.79 Å². The zero-order valence-corrected chi connectivity index (χ0v) is 13.0. The molecule has 18 heavy (non-hydrogen) atoms. The normalized spacial score (nSPS) is 24.3. The van der Waals surface area contributed by atoms with Crippen molar-refractivity contribution in [3.8, 4) is 0 Å². The molecular formula is C11H13BrO4S2. The topological polar surface area (TPSA) is 60.4 Å². The van der Waals surface area contributed by atoms with Gasteiger partial charge >= 0.3 is 0 Å². The smallest absolute Gasteiger partial charge is 0.188 e. The highest BCUT2D eigenvalue weighted by atomic mass is 79.9. The van der Waals surface area contributed by atoms with Crippen molar-refractivity contribution in [2.45, 2.75) is 24.7 Å². The van der Waals surface area contributed by atoms with E-state index in [0.717, 1.165) is 0 Å². The van der Waals surface area contributed by atoms with Crippen LogP contribution in [0.25, 0.3) is 0 Å². The molecule has 1 aliphatic rings. The van der Waals surface area contributed by atoms with E-state index in [2.05, 4.69) is 15.9 Å². The molecule has 2 atom stereocenters. The summed E-state index contributed by atoms with van der Waals surface area (Å²) in [5.41, 5.74) is 0. The summed E-state index contributed by atoms with van der Waals surface area (Å²) in [4.78, 5) is 12.4. The summed E-state index contributed by atoms with van der Waals surface area (Å²) < 4.78 is 30.2. The Morgan fingerprint density at radius 2 is 2.33 bits per heavy atom. The molecular weight excluding hydrogens is 340 g/mol. The number of hydrogen-bond donors (Lipinski definition) is 0. The molecule has 1 saturated heterocycles. The first-order valence-electron chi connectivity index (χ1n) is 5.51. The van der Waals surface area contributed by atoms with Crippen LogP contribution in [-0.2, 0) is 14.6 Å². The Kier molecular flexibility index (Phi) is 4.25. The van der Waals surface area contributed by atoms with Gasteiger partial charge in [0.15, 0.2) is 15.6 Å². The van der Waals surface area contributed by atoms with Gasteiger partial charge in [-0.2, -0.15) is 0 Å². The van der Waals surface area contributed by atoms with Crippen LogP contribution in [0.2, 0.25) is 0 Å². The van der Waals surface area contributed by atoms with Gasteiger partial charge in [0.1, 0.15) is 5.75 Å². The standard InChI is InChI=1S/C11H13BrO4S2/c1-7-10(2-4-16-7)18(14,15)6-9(13)11-8(12)3-5-17-11/h3,5,7,10H,2,4,6H2,1H3. The van der Waals surface area contributed by atoms with Crippen molar-refractivity contribution in [2.75, 3.05) is 12.4 Å². The predicted molar refractivity (Wildman–Crippen MR) is 74.0 cm³/mol. The number of hydrogen-bond acceptors (Lipinski definition) is 5. The summed E-state index contributed by atoms with van der Waals surface area (Å²) in [5, 5.41) is 1.20. The fourth-order valence-electron chi connectivity index (χ4n) is 2.03. The first-order chi connectivity index (χ1) is 8.42.